The molecule has 61 heavy (non-hydrogen) atoms. The van der Waals surface area contributed by atoms with Gasteiger partial charge in [-0.3, -0.25) is 4.98 Å². The van der Waals surface area contributed by atoms with E-state index in [9.17, 15) is 0 Å². The quantitative estimate of drug-likeness (QED) is 0.102. The molecule has 0 aliphatic heterocycles. The lowest BCUT2D eigenvalue weighted by Gasteiger charge is -2.20. The van der Waals surface area contributed by atoms with E-state index in [4.69, 9.17) is 14.4 Å². The number of benzene rings is 7. The highest BCUT2D eigenvalue weighted by Gasteiger charge is 2.21. The minimum Gasteiger partial charge on any atom is -0.455 e. The average Bonchev–Trinajstić information content (AvgIpc) is 3.70. The Kier molecular flexibility index (Phi) is 9.43. The minimum absolute atomic E-state index is 0.702. The second-order valence-corrected chi connectivity index (χ2v) is 15.3. The van der Waals surface area contributed by atoms with Gasteiger partial charge in [0.2, 0.25) is 0 Å². The Bertz CT molecular complexity index is 3510. The van der Waals surface area contributed by atoms with Gasteiger partial charge in [-0.25, -0.2) is 4.98 Å². The van der Waals surface area contributed by atoms with Gasteiger partial charge in [-0.2, -0.15) is 0 Å². The molecule has 0 aliphatic rings. The van der Waals surface area contributed by atoms with Crippen LogP contribution in [0.3, 0.4) is 0 Å². The number of aromatic nitrogens is 2. The zero-order valence-electron chi connectivity index (χ0n) is 34.1. The molecule has 0 saturated carbocycles. The van der Waals surface area contributed by atoms with Gasteiger partial charge >= 0.3 is 0 Å². The first kappa shape index (κ1) is 37.4. The van der Waals surface area contributed by atoms with Crippen molar-refractivity contribution in [2.45, 2.75) is 13.3 Å². The summed E-state index contributed by atoms with van der Waals surface area (Å²) in [5, 5.41) is 8.63. The Balaban J connectivity index is 1.15. The van der Waals surface area contributed by atoms with E-state index in [2.05, 4.69) is 154 Å². The summed E-state index contributed by atoms with van der Waals surface area (Å²) in [5.74, 6) is 0. The van der Waals surface area contributed by atoms with Gasteiger partial charge in [0.15, 0.2) is 0 Å². The van der Waals surface area contributed by atoms with E-state index in [1.165, 1.54) is 0 Å². The monoisotopic (exact) mass is 782 g/mol. The molecule has 0 unspecified atom stereocenters. The fraction of sp³-hybridized carbons (Fsp3) is 0.0345. The summed E-state index contributed by atoms with van der Waals surface area (Å²) in [5.41, 5.74) is 14.9. The molecule has 0 bridgehead atoms. The number of pyridine rings is 2. The molecule has 0 spiro atoms. The molecule has 0 fully saturated rings. The molecular weight excluding hydrogens is 741 g/mol. The molecule has 290 valence electrons. The second kappa shape index (κ2) is 15.4. The van der Waals surface area contributed by atoms with Crippen LogP contribution in [0.4, 0.5) is 0 Å². The second-order valence-electron chi connectivity index (χ2n) is 15.3. The van der Waals surface area contributed by atoms with Crippen molar-refractivity contribution in [3.8, 4) is 33.5 Å². The van der Waals surface area contributed by atoms with Gasteiger partial charge in [0.1, 0.15) is 11.2 Å². The number of para-hydroxylation sites is 1. The topological polar surface area (TPSA) is 38.9 Å². The van der Waals surface area contributed by atoms with Gasteiger partial charge in [-0.15, -0.1) is 0 Å². The van der Waals surface area contributed by atoms with Crippen molar-refractivity contribution in [3.05, 3.63) is 206 Å². The summed E-state index contributed by atoms with van der Waals surface area (Å²) in [6, 6.07) is 44.8. The summed E-state index contributed by atoms with van der Waals surface area (Å²) in [6.07, 6.45) is 16.7. The summed E-state index contributed by atoms with van der Waals surface area (Å²) in [7, 11) is 0. The predicted molar refractivity (Wildman–Crippen MR) is 264 cm³/mol. The SMILES string of the molecule is C=Cc1ccc2nc(-c3ccccc3)c3cc(-c4ccc(-c5ccc6c(c5)nc(C/C=C\C=C/C)c5ccc7c8ccccc8oc7c56)cc4)c(C=C)c(C=C)c3c2c1C=C. The number of fused-ring (bicyclic) bond motifs is 10. The molecule has 0 radical (unpaired) electrons. The average molecular weight is 783 g/mol. The maximum Gasteiger partial charge on any atom is 0.143 e. The molecule has 3 heterocycles. The highest BCUT2D eigenvalue weighted by molar-refractivity contribution is 6.23. The maximum atomic E-state index is 6.60. The smallest absolute Gasteiger partial charge is 0.143 e. The van der Waals surface area contributed by atoms with Crippen LogP contribution in [0.1, 0.15) is 34.9 Å². The standard InChI is InChI=1S/C58H42N2O/c1-6-11-12-16-22-50-46-32-31-45-44-21-17-18-23-53(44)61-58(45)55(46)47-30-28-40(34-52(47)59-50)37-24-26-38(27-25-37)48-35-49-54(43(10-5)42(48)9-4)56-41(8-3)36(7-2)29-33-51(56)60-57(49)39-19-14-13-15-20-39/h6-21,23-35H,2-5,22H2,1H3/b11-6-,16-12-. The molecule has 3 nitrogen and oxygen atoms in total. The van der Waals surface area contributed by atoms with Crippen molar-refractivity contribution >= 4 is 89.6 Å². The van der Waals surface area contributed by atoms with Gasteiger partial charge in [-0.05, 0) is 81.8 Å². The number of hydrogen-bond donors (Lipinski definition) is 0. The number of nitrogens with zero attached hydrogens (tertiary/aromatic N) is 2. The molecule has 0 amide bonds. The predicted octanol–water partition coefficient (Wildman–Crippen LogP) is 16.2. The summed E-state index contributed by atoms with van der Waals surface area (Å²) in [6.45, 7) is 19.0. The van der Waals surface area contributed by atoms with Crippen molar-refractivity contribution in [2.24, 2.45) is 0 Å². The van der Waals surface area contributed by atoms with E-state index < -0.39 is 0 Å². The molecule has 0 saturated heterocycles. The van der Waals surface area contributed by atoms with E-state index in [0.717, 1.165) is 127 Å². The van der Waals surface area contributed by atoms with Gasteiger partial charge in [-0.1, -0.05) is 172 Å². The molecule has 0 aliphatic carbocycles. The lowest BCUT2D eigenvalue weighted by molar-refractivity contribution is 0.673. The molecule has 10 aromatic rings. The van der Waals surface area contributed by atoms with E-state index in [-0.39, 0.29) is 0 Å². The molecular formula is C58H42N2O. The molecule has 0 atom stereocenters. The molecule has 7 aromatic carbocycles. The molecule has 3 aromatic heterocycles. The Hall–Kier alpha value is -7.88. The van der Waals surface area contributed by atoms with E-state index in [1.54, 1.807) is 0 Å². The van der Waals surface area contributed by atoms with Crippen molar-refractivity contribution in [2.75, 3.05) is 0 Å². The fourth-order valence-electron chi connectivity index (χ4n) is 9.11. The molecule has 0 N–H and O–H groups in total. The van der Waals surface area contributed by atoms with Crippen molar-refractivity contribution < 1.29 is 4.42 Å². The first-order valence-corrected chi connectivity index (χ1v) is 20.6. The van der Waals surface area contributed by atoms with Gasteiger partial charge in [0.05, 0.1) is 22.4 Å². The Labute approximate surface area is 355 Å². The molecule has 10 rings (SSSR count). The first-order valence-electron chi connectivity index (χ1n) is 20.6. The van der Waals surface area contributed by atoms with E-state index in [1.807, 2.05) is 55.5 Å². The van der Waals surface area contributed by atoms with Crippen LogP contribution in [0, 0.1) is 0 Å². The van der Waals surface area contributed by atoms with Crippen LogP contribution < -0.4 is 0 Å². The number of hydrogen-bond acceptors (Lipinski definition) is 3. The third kappa shape index (κ3) is 6.13. The van der Waals surface area contributed by atoms with Gasteiger partial charge in [0.25, 0.3) is 0 Å². The third-order valence-electron chi connectivity index (χ3n) is 11.9. The van der Waals surface area contributed by atoms with Gasteiger partial charge in [0, 0.05) is 55.1 Å². The lowest BCUT2D eigenvalue weighted by Crippen LogP contribution is -1.98. The highest BCUT2D eigenvalue weighted by atomic mass is 16.3. The number of furan rings is 1. The number of rotatable bonds is 10. The zero-order chi connectivity index (χ0) is 41.6. The van der Waals surface area contributed by atoms with E-state index >= 15 is 0 Å². The third-order valence-corrected chi connectivity index (χ3v) is 11.9. The summed E-state index contributed by atoms with van der Waals surface area (Å²) in [4.78, 5) is 10.6. The minimum atomic E-state index is 0.702. The van der Waals surface area contributed by atoms with Crippen LogP contribution in [-0.2, 0) is 6.42 Å². The maximum absolute atomic E-state index is 6.60. The number of allylic oxidation sites excluding steroid dienone is 4. The van der Waals surface area contributed by atoms with E-state index in [0.29, 0.717) is 6.42 Å². The van der Waals surface area contributed by atoms with Crippen molar-refractivity contribution in [1.29, 1.82) is 0 Å². The largest absolute Gasteiger partial charge is 0.455 e. The first-order chi connectivity index (χ1) is 30.0. The van der Waals surface area contributed by atoms with Crippen LogP contribution in [0.15, 0.2) is 182 Å². The Morgan fingerprint density at radius 2 is 1.23 bits per heavy atom. The molecule has 3 heteroatoms. The lowest BCUT2D eigenvalue weighted by atomic mass is 9.85. The Morgan fingerprint density at radius 3 is 2.00 bits per heavy atom. The summed E-state index contributed by atoms with van der Waals surface area (Å²) >= 11 is 0. The van der Waals surface area contributed by atoms with Crippen molar-refractivity contribution in [3.63, 3.8) is 0 Å². The van der Waals surface area contributed by atoms with Crippen LogP contribution >= 0.6 is 0 Å². The fourth-order valence-corrected chi connectivity index (χ4v) is 9.11. The normalized spacial score (nSPS) is 11.9. The van der Waals surface area contributed by atoms with Gasteiger partial charge < -0.3 is 4.42 Å². The van der Waals surface area contributed by atoms with Crippen LogP contribution in [0.2, 0.25) is 0 Å². The van der Waals surface area contributed by atoms with Crippen LogP contribution in [-0.4, -0.2) is 9.97 Å². The summed E-state index contributed by atoms with van der Waals surface area (Å²) < 4.78 is 6.60. The Morgan fingerprint density at radius 1 is 0.508 bits per heavy atom. The van der Waals surface area contributed by atoms with Crippen LogP contribution in [0.5, 0.6) is 0 Å². The van der Waals surface area contributed by atoms with Crippen molar-refractivity contribution in [1.82, 2.24) is 9.97 Å². The highest BCUT2D eigenvalue weighted by Crippen LogP contribution is 2.44. The van der Waals surface area contributed by atoms with Crippen LogP contribution in [0.25, 0.3) is 123 Å². The zero-order valence-corrected chi connectivity index (χ0v) is 34.1.